The van der Waals surface area contributed by atoms with Crippen molar-refractivity contribution in [2.45, 2.75) is 0 Å². The van der Waals surface area contributed by atoms with Gasteiger partial charge in [0.15, 0.2) is 0 Å². The maximum Gasteiger partial charge on any atom is 0.442 e. The number of hydrogen-bond acceptors (Lipinski definition) is 5. The molecule has 0 aromatic heterocycles. The fraction of sp³-hybridized carbons (Fsp3) is 0. The summed E-state index contributed by atoms with van der Waals surface area (Å²) in [5.41, 5.74) is 1.33. The lowest BCUT2D eigenvalue weighted by atomic mass is 10.7. The normalized spacial score (nSPS) is 27.3. The quantitative estimate of drug-likeness (QED) is 0.492. The van der Waals surface area contributed by atoms with Gasteiger partial charge in [0.25, 0.3) is 0 Å². The molecular weight excluding hydrogens is 170 g/mol. The predicted molar refractivity (Wildman–Crippen MR) is 37.4 cm³/mol. The third-order valence-electron chi connectivity index (χ3n) is 1.12. The SMILES string of the molecule is O=C1OS2(C=CN=C2)OC1=O. The van der Waals surface area contributed by atoms with E-state index in [4.69, 9.17) is 0 Å². The van der Waals surface area contributed by atoms with Crippen LogP contribution in [-0.2, 0) is 18.0 Å². The van der Waals surface area contributed by atoms with Crippen LogP contribution in [0.25, 0.3) is 0 Å². The lowest BCUT2D eigenvalue weighted by Gasteiger charge is -2.22. The summed E-state index contributed by atoms with van der Waals surface area (Å²) in [5.74, 6) is -1.89. The highest BCUT2D eigenvalue weighted by Gasteiger charge is 2.40. The van der Waals surface area contributed by atoms with Gasteiger partial charge in [-0.25, -0.2) is 14.6 Å². The van der Waals surface area contributed by atoms with Crippen LogP contribution in [0.15, 0.2) is 16.6 Å². The molecule has 1 saturated heterocycles. The maximum atomic E-state index is 10.6. The van der Waals surface area contributed by atoms with E-state index in [1.165, 1.54) is 17.2 Å². The Bertz CT molecular complexity index is 265. The Kier molecular flexibility index (Phi) is 1.08. The second-order valence-corrected chi connectivity index (χ2v) is 3.86. The van der Waals surface area contributed by atoms with E-state index >= 15 is 0 Å². The molecule has 0 aromatic carbocycles. The molecule has 5 nitrogen and oxygen atoms in total. The van der Waals surface area contributed by atoms with E-state index < -0.39 is 22.5 Å². The monoisotopic (exact) mass is 173 g/mol. The Morgan fingerprint density at radius 1 is 1.27 bits per heavy atom. The summed E-state index contributed by atoms with van der Waals surface area (Å²) in [6.07, 6.45) is 1.43. The number of carbonyl (C=O) groups excluding carboxylic acids is 2. The first-order valence-electron chi connectivity index (χ1n) is 2.72. The van der Waals surface area contributed by atoms with Crippen LogP contribution in [0, 0.1) is 0 Å². The second-order valence-electron chi connectivity index (χ2n) is 1.87. The summed E-state index contributed by atoms with van der Waals surface area (Å²) in [4.78, 5) is 24.8. The van der Waals surface area contributed by atoms with Crippen LogP contribution in [0.5, 0.6) is 0 Å². The van der Waals surface area contributed by atoms with Crippen LogP contribution in [-0.4, -0.2) is 17.5 Å². The zero-order valence-corrected chi connectivity index (χ0v) is 6.04. The fourth-order valence-corrected chi connectivity index (χ4v) is 2.09. The van der Waals surface area contributed by atoms with Crippen LogP contribution in [0.2, 0.25) is 0 Å². The van der Waals surface area contributed by atoms with E-state index in [9.17, 15) is 9.59 Å². The molecule has 1 fully saturated rings. The largest absolute Gasteiger partial charge is 0.442 e. The summed E-state index contributed by atoms with van der Waals surface area (Å²) in [7, 11) is -2.20. The number of aliphatic imine (C=N–C) groups is 1. The van der Waals surface area contributed by atoms with Gasteiger partial charge < -0.3 is 8.37 Å². The lowest BCUT2D eigenvalue weighted by molar-refractivity contribution is -0.150. The Labute approximate surface area is 63.4 Å². The van der Waals surface area contributed by atoms with Crippen LogP contribution in [0.4, 0.5) is 0 Å². The zero-order valence-electron chi connectivity index (χ0n) is 5.22. The van der Waals surface area contributed by atoms with E-state index in [1.807, 2.05) is 0 Å². The number of hydrogen-bond donors (Lipinski definition) is 0. The topological polar surface area (TPSA) is 65.0 Å². The average Bonchev–Trinajstić information content (AvgIpc) is 2.46. The van der Waals surface area contributed by atoms with Gasteiger partial charge in [0.2, 0.25) is 0 Å². The molecule has 2 aliphatic heterocycles. The Morgan fingerprint density at radius 2 is 1.91 bits per heavy atom. The number of nitrogens with zero attached hydrogens (tertiary/aromatic N) is 1. The average molecular weight is 173 g/mol. The Hall–Kier alpha value is -1.30. The van der Waals surface area contributed by atoms with Crippen LogP contribution in [0.1, 0.15) is 0 Å². The van der Waals surface area contributed by atoms with Crippen LogP contribution in [0.3, 0.4) is 0 Å². The minimum atomic E-state index is -2.20. The third-order valence-corrected chi connectivity index (χ3v) is 2.86. The molecule has 0 N–H and O–H groups in total. The van der Waals surface area contributed by atoms with Crippen molar-refractivity contribution >= 4 is 28.1 Å². The van der Waals surface area contributed by atoms with Crippen molar-refractivity contribution in [2.75, 3.05) is 0 Å². The molecule has 0 radical (unpaired) electrons. The molecule has 0 unspecified atom stereocenters. The van der Waals surface area contributed by atoms with E-state index in [0.717, 1.165) is 0 Å². The molecule has 0 bridgehead atoms. The van der Waals surface area contributed by atoms with Crippen molar-refractivity contribution in [3.63, 3.8) is 0 Å². The second kappa shape index (κ2) is 1.85. The number of rotatable bonds is 0. The van der Waals surface area contributed by atoms with Crippen molar-refractivity contribution < 1.29 is 18.0 Å². The molecule has 0 amide bonds. The first kappa shape index (κ1) is 6.41. The summed E-state index contributed by atoms with van der Waals surface area (Å²) in [5, 5.41) is 1.47. The van der Waals surface area contributed by atoms with Gasteiger partial charge in [0.1, 0.15) is 5.55 Å². The smallest absolute Gasteiger partial charge is 0.324 e. The zero-order chi connectivity index (χ0) is 7.90. The van der Waals surface area contributed by atoms with Crippen molar-refractivity contribution in [1.29, 1.82) is 0 Å². The summed E-state index contributed by atoms with van der Waals surface area (Å²) < 4.78 is 9.32. The summed E-state index contributed by atoms with van der Waals surface area (Å²) in [6.45, 7) is 0. The predicted octanol–water partition coefficient (Wildman–Crippen LogP) is 0.234. The third kappa shape index (κ3) is 0.829. The van der Waals surface area contributed by atoms with Gasteiger partial charge in [-0.2, -0.15) is 0 Å². The van der Waals surface area contributed by atoms with Gasteiger partial charge in [0, 0.05) is 6.20 Å². The molecule has 0 saturated carbocycles. The van der Waals surface area contributed by atoms with E-state index in [2.05, 4.69) is 13.4 Å². The van der Waals surface area contributed by atoms with Gasteiger partial charge in [-0.15, -0.1) is 0 Å². The summed E-state index contributed by atoms with van der Waals surface area (Å²) >= 11 is 0. The number of carbonyl (C=O) groups is 2. The van der Waals surface area contributed by atoms with E-state index in [0.29, 0.717) is 0 Å². The van der Waals surface area contributed by atoms with Gasteiger partial charge >= 0.3 is 11.9 Å². The highest BCUT2D eigenvalue weighted by atomic mass is 32.3. The standard InChI is InChI=1S/C5H3NO4S/c7-4-5(8)10-11(9-4)2-1-6-3-11/h1-3H. The van der Waals surface area contributed by atoms with Gasteiger partial charge in [-0.1, -0.05) is 0 Å². The maximum absolute atomic E-state index is 10.6. The van der Waals surface area contributed by atoms with Gasteiger partial charge in [-0.05, 0) is 10.6 Å². The molecule has 11 heavy (non-hydrogen) atoms. The highest BCUT2D eigenvalue weighted by Crippen LogP contribution is 2.55. The van der Waals surface area contributed by atoms with Gasteiger partial charge in [-0.3, -0.25) is 0 Å². The molecule has 1 spiro atoms. The lowest BCUT2D eigenvalue weighted by Crippen LogP contribution is -2.05. The Morgan fingerprint density at radius 3 is 2.36 bits per heavy atom. The molecule has 58 valence electrons. The highest BCUT2D eigenvalue weighted by molar-refractivity contribution is 8.40. The minimum Gasteiger partial charge on any atom is -0.324 e. The minimum absolute atomic E-state index is 0.946. The Balaban J connectivity index is 2.33. The molecule has 0 aromatic rings. The molecular formula is C5H3NO4S. The van der Waals surface area contributed by atoms with Crippen LogP contribution >= 0.6 is 10.6 Å². The molecule has 0 aliphatic carbocycles. The first-order chi connectivity index (χ1) is 5.22. The molecule has 2 rings (SSSR count). The van der Waals surface area contributed by atoms with Crippen molar-refractivity contribution in [1.82, 2.24) is 0 Å². The van der Waals surface area contributed by atoms with Crippen molar-refractivity contribution in [2.24, 2.45) is 4.99 Å². The van der Waals surface area contributed by atoms with Gasteiger partial charge in [0.05, 0.1) is 5.41 Å². The molecule has 2 heterocycles. The van der Waals surface area contributed by atoms with Crippen molar-refractivity contribution in [3.8, 4) is 0 Å². The van der Waals surface area contributed by atoms with E-state index in [1.54, 1.807) is 0 Å². The fourth-order valence-electron chi connectivity index (χ4n) is 0.695. The molecule has 2 aliphatic rings. The van der Waals surface area contributed by atoms with E-state index in [-0.39, 0.29) is 0 Å². The van der Waals surface area contributed by atoms with Crippen molar-refractivity contribution in [3.05, 3.63) is 11.6 Å². The van der Waals surface area contributed by atoms with Crippen LogP contribution < -0.4 is 0 Å². The molecule has 0 atom stereocenters. The molecule has 6 heteroatoms. The first-order valence-corrected chi connectivity index (χ1v) is 4.33. The summed E-state index contributed by atoms with van der Waals surface area (Å²) in [6, 6.07) is 0.